The molecule has 2 heterocycles. The summed E-state index contributed by atoms with van der Waals surface area (Å²) in [5, 5.41) is 27.2. The highest BCUT2D eigenvalue weighted by atomic mass is 16.6. The number of phenolic OH excluding ortho intramolecular Hbond substituents is 1. The monoisotopic (exact) mass is 344 g/mol. The molecule has 3 atom stereocenters. The molecule has 0 unspecified atom stereocenters. The van der Waals surface area contributed by atoms with Gasteiger partial charge in [-0.3, -0.25) is 0 Å². The zero-order chi connectivity index (χ0) is 17.6. The first-order valence-electron chi connectivity index (χ1n) is 8.35. The molecule has 0 aromatic heterocycles. The summed E-state index contributed by atoms with van der Waals surface area (Å²) in [5.41, 5.74) is 1.35. The molecule has 1 aromatic carbocycles. The van der Waals surface area contributed by atoms with Gasteiger partial charge in [-0.05, 0) is 18.1 Å². The summed E-state index contributed by atoms with van der Waals surface area (Å²) >= 11 is 0. The van der Waals surface area contributed by atoms with Gasteiger partial charge in [-0.2, -0.15) is 0 Å². The highest BCUT2D eigenvalue weighted by Crippen LogP contribution is 2.55. The molecular formula is C18H20N2O5. The number of phenols is 1. The number of aromatic hydroxyl groups is 1. The number of amides is 1. The quantitative estimate of drug-likeness (QED) is 0.560. The van der Waals surface area contributed by atoms with E-state index in [9.17, 15) is 15.0 Å². The van der Waals surface area contributed by atoms with Crippen LogP contribution in [-0.2, 0) is 16.7 Å². The summed E-state index contributed by atoms with van der Waals surface area (Å²) in [6.45, 7) is 0.770. The molecule has 132 valence electrons. The summed E-state index contributed by atoms with van der Waals surface area (Å²) in [4.78, 5) is 13.9. The maximum absolute atomic E-state index is 12.3. The minimum atomic E-state index is -0.576. The van der Waals surface area contributed by atoms with Gasteiger partial charge in [0.2, 0.25) is 0 Å². The largest absolute Gasteiger partial charge is 0.504 e. The summed E-state index contributed by atoms with van der Waals surface area (Å²) in [7, 11) is 0. The highest BCUT2D eigenvalue weighted by Gasteiger charge is 2.53. The maximum atomic E-state index is 12.3. The highest BCUT2D eigenvalue weighted by molar-refractivity contribution is 5.71. The standard InChI is InChI=1S/C18H20N2O5/c19-6-8-24-17(23)20-7-5-18-4-3-12(21)9-14(18)25-16-13(22)2-1-11(10-20)15(16)18/h1-4,6,12,14,19,21-22H,5,7-10H2/t12-,14-,18-/m0/s1. The number of nitrogens with zero attached hydrogens (tertiary/aromatic N) is 1. The number of nitrogens with one attached hydrogen (secondary N) is 1. The van der Waals surface area contributed by atoms with Gasteiger partial charge in [0.15, 0.2) is 11.5 Å². The molecule has 7 nitrogen and oxygen atoms in total. The van der Waals surface area contributed by atoms with Crippen LogP contribution in [0.1, 0.15) is 24.0 Å². The Morgan fingerprint density at radius 3 is 3.16 bits per heavy atom. The van der Waals surface area contributed by atoms with Gasteiger partial charge in [0.1, 0.15) is 12.7 Å². The number of carbonyl (C=O) groups excluding carboxylic acids is 1. The van der Waals surface area contributed by atoms with Crippen molar-refractivity contribution in [3.05, 3.63) is 35.4 Å². The van der Waals surface area contributed by atoms with Crippen LogP contribution in [0, 0.1) is 5.41 Å². The molecule has 0 fully saturated rings. The van der Waals surface area contributed by atoms with E-state index in [-0.39, 0.29) is 18.5 Å². The van der Waals surface area contributed by atoms with Crippen molar-refractivity contribution in [1.29, 1.82) is 5.41 Å². The molecule has 25 heavy (non-hydrogen) atoms. The van der Waals surface area contributed by atoms with E-state index in [0.717, 1.165) is 17.3 Å². The fourth-order valence-corrected chi connectivity index (χ4v) is 4.15. The maximum Gasteiger partial charge on any atom is 0.410 e. The van der Waals surface area contributed by atoms with Crippen molar-refractivity contribution in [2.24, 2.45) is 0 Å². The van der Waals surface area contributed by atoms with Gasteiger partial charge in [-0.15, -0.1) is 0 Å². The van der Waals surface area contributed by atoms with E-state index in [4.69, 9.17) is 14.9 Å². The molecule has 1 aromatic rings. The van der Waals surface area contributed by atoms with Crippen molar-refractivity contribution in [3.63, 3.8) is 0 Å². The van der Waals surface area contributed by atoms with Gasteiger partial charge in [-0.1, -0.05) is 18.2 Å². The van der Waals surface area contributed by atoms with Crippen LogP contribution in [-0.4, -0.2) is 52.8 Å². The van der Waals surface area contributed by atoms with E-state index < -0.39 is 17.6 Å². The van der Waals surface area contributed by atoms with Crippen molar-refractivity contribution in [2.75, 3.05) is 13.2 Å². The van der Waals surface area contributed by atoms with Crippen LogP contribution in [0.25, 0.3) is 0 Å². The minimum absolute atomic E-state index is 0.0496. The average molecular weight is 344 g/mol. The van der Waals surface area contributed by atoms with Gasteiger partial charge in [0.05, 0.1) is 11.5 Å². The van der Waals surface area contributed by atoms with Crippen LogP contribution in [0.3, 0.4) is 0 Å². The Kier molecular flexibility index (Phi) is 3.68. The Morgan fingerprint density at radius 2 is 2.36 bits per heavy atom. The first-order chi connectivity index (χ1) is 12.0. The fraction of sp³-hybridized carbons (Fsp3) is 0.444. The van der Waals surface area contributed by atoms with Gasteiger partial charge < -0.3 is 30.0 Å². The number of hydrogen-bond donors (Lipinski definition) is 3. The zero-order valence-corrected chi connectivity index (χ0v) is 13.6. The molecule has 2 aliphatic heterocycles. The van der Waals surface area contributed by atoms with Crippen LogP contribution in [0.15, 0.2) is 24.3 Å². The summed E-state index contributed by atoms with van der Waals surface area (Å²) in [6.07, 6.45) is 4.53. The Morgan fingerprint density at radius 1 is 1.52 bits per heavy atom. The summed E-state index contributed by atoms with van der Waals surface area (Å²) in [5.74, 6) is 0.534. The van der Waals surface area contributed by atoms with Crippen molar-refractivity contribution < 1.29 is 24.5 Å². The van der Waals surface area contributed by atoms with Crippen molar-refractivity contribution in [3.8, 4) is 11.5 Å². The third-order valence-electron chi connectivity index (χ3n) is 5.30. The van der Waals surface area contributed by atoms with Crippen molar-refractivity contribution in [2.45, 2.75) is 37.0 Å². The molecule has 1 aliphatic carbocycles. The van der Waals surface area contributed by atoms with Crippen LogP contribution in [0.5, 0.6) is 11.5 Å². The zero-order valence-electron chi connectivity index (χ0n) is 13.6. The number of carbonyl (C=O) groups is 1. The molecule has 3 N–H and O–H groups in total. The Bertz CT molecular complexity index is 762. The van der Waals surface area contributed by atoms with E-state index >= 15 is 0 Å². The van der Waals surface area contributed by atoms with Crippen molar-refractivity contribution >= 4 is 12.3 Å². The lowest BCUT2D eigenvalue weighted by molar-refractivity contribution is 0.0772. The number of benzene rings is 1. The second-order valence-electron chi connectivity index (χ2n) is 6.71. The topological polar surface area (TPSA) is 103 Å². The molecule has 3 aliphatic rings. The number of rotatable bonds is 2. The number of aliphatic hydroxyl groups excluding tert-OH is 1. The first kappa shape index (κ1) is 16.0. The Balaban J connectivity index is 1.76. The lowest BCUT2D eigenvalue weighted by Gasteiger charge is -2.35. The molecule has 1 spiro atoms. The van der Waals surface area contributed by atoms with Crippen LogP contribution >= 0.6 is 0 Å². The smallest absolute Gasteiger partial charge is 0.410 e. The SMILES string of the molecule is N=CCOC(=O)N1CC[C@@]23C=C[C@H](O)C[C@@H]2Oc2c(O)ccc(c23)C1. The molecule has 1 amide bonds. The van der Waals surface area contributed by atoms with Crippen LogP contribution in [0.4, 0.5) is 4.79 Å². The minimum Gasteiger partial charge on any atom is -0.504 e. The second kappa shape index (κ2) is 5.77. The van der Waals surface area contributed by atoms with Gasteiger partial charge >= 0.3 is 6.09 Å². The van der Waals surface area contributed by atoms with Crippen LogP contribution in [0.2, 0.25) is 0 Å². The van der Waals surface area contributed by atoms with E-state index in [1.54, 1.807) is 17.0 Å². The van der Waals surface area contributed by atoms with Gasteiger partial charge in [-0.25, -0.2) is 4.79 Å². The number of hydrogen-bond acceptors (Lipinski definition) is 6. The van der Waals surface area contributed by atoms with E-state index in [1.807, 2.05) is 12.1 Å². The third kappa shape index (κ3) is 2.38. The average Bonchev–Trinajstić information content (AvgIpc) is 2.84. The van der Waals surface area contributed by atoms with E-state index in [1.165, 1.54) is 0 Å². The summed E-state index contributed by atoms with van der Waals surface area (Å²) < 4.78 is 11.1. The summed E-state index contributed by atoms with van der Waals surface area (Å²) in [6, 6.07) is 3.38. The predicted octanol–water partition coefficient (Wildman–Crippen LogP) is 1.70. The number of aliphatic hydroxyl groups is 1. The molecule has 4 rings (SSSR count). The third-order valence-corrected chi connectivity index (χ3v) is 5.30. The molecular weight excluding hydrogens is 324 g/mol. The normalized spacial score (nSPS) is 29.2. The lowest BCUT2D eigenvalue weighted by Crippen LogP contribution is -2.43. The van der Waals surface area contributed by atoms with Crippen molar-refractivity contribution in [1.82, 2.24) is 4.90 Å². The molecule has 7 heteroatoms. The van der Waals surface area contributed by atoms with Gasteiger partial charge in [0.25, 0.3) is 0 Å². The second-order valence-corrected chi connectivity index (χ2v) is 6.71. The molecule has 0 radical (unpaired) electrons. The number of ether oxygens (including phenoxy) is 2. The first-order valence-corrected chi connectivity index (χ1v) is 8.35. The van der Waals surface area contributed by atoms with E-state index in [2.05, 4.69) is 0 Å². The predicted molar refractivity (Wildman–Crippen MR) is 89.1 cm³/mol. The lowest BCUT2D eigenvalue weighted by atomic mass is 9.69. The Hall–Kier alpha value is -2.54. The Labute approximate surface area is 145 Å². The van der Waals surface area contributed by atoms with Crippen LogP contribution < -0.4 is 4.74 Å². The van der Waals surface area contributed by atoms with E-state index in [0.29, 0.717) is 31.7 Å². The molecule has 0 saturated carbocycles. The van der Waals surface area contributed by atoms with Gasteiger partial charge in [0, 0.05) is 31.3 Å². The molecule has 0 saturated heterocycles. The molecule has 0 bridgehead atoms. The fourth-order valence-electron chi connectivity index (χ4n) is 4.15.